The third-order valence-corrected chi connectivity index (χ3v) is 2.62. The monoisotopic (exact) mass is 195 g/mol. The van der Waals surface area contributed by atoms with E-state index in [9.17, 15) is 0 Å². The van der Waals surface area contributed by atoms with Crippen LogP contribution in [0.15, 0.2) is 10.8 Å². The van der Waals surface area contributed by atoms with Crippen LogP contribution in [-0.2, 0) is 6.54 Å². The molecule has 6 heteroatoms. The summed E-state index contributed by atoms with van der Waals surface area (Å²) in [5.74, 6) is 0.682. The SMILES string of the molecule is Cc1cscc1-n1nnnc1CN. The molecule has 2 heterocycles. The Morgan fingerprint density at radius 3 is 3.00 bits per heavy atom. The lowest BCUT2D eigenvalue weighted by Gasteiger charge is -2.00. The second kappa shape index (κ2) is 3.23. The molecule has 0 aliphatic carbocycles. The Hall–Kier alpha value is -1.27. The van der Waals surface area contributed by atoms with Crippen LogP contribution in [-0.4, -0.2) is 20.2 Å². The summed E-state index contributed by atoms with van der Waals surface area (Å²) in [6, 6.07) is 0. The molecule has 0 aliphatic heterocycles. The Kier molecular flexibility index (Phi) is 2.07. The number of hydrogen-bond acceptors (Lipinski definition) is 5. The first-order chi connectivity index (χ1) is 6.33. The van der Waals surface area contributed by atoms with E-state index in [0.29, 0.717) is 12.4 Å². The van der Waals surface area contributed by atoms with E-state index >= 15 is 0 Å². The van der Waals surface area contributed by atoms with E-state index in [1.54, 1.807) is 16.0 Å². The van der Waals surface area contributed by atoms with Gasteiger partial charge in [-0.25, -0.2) is 0 Å². The number of rotatable bonds is 2. The molecule has 2 aromatic heterocycles. The quantitative estimate of drug-likeness (QED) is 0.757. The summed E-state index contributed by atoms with van der Waals surface area (Å²) in [6.45, 7) is 2.37. The minimum absolute atomic E-state index is 0.349. The number of thiophene rings is 1. The van der Waals surface area contributed by atoms with Crippen LogP contribution < -0.4 is 5.73 Å². The number of nitrogens with zero attached hydrogens (tertiary/aromatic N) is 4. The van der Waals surface area contributed by atoms with Crippen LogP contribution in [0.3, 0.4) is 0 Å². The first-order valence-electron chi connectivity index (χ1n) is 3.83. The van der Waals surface area contributed by atoms with Gasteiger partial charge in [-0.3, -0.25) is 0 Å². The van der Waals surface area contributed by atoms with E-state index in [1.807, 2.05) is 12.3 Å². The van der Waals surface area contributed by atoms with E-state index in [1.165, 1.54) is 0 Å². The molecule has 2 N–H and O–H groups in total. The molecule has 0 saturated heterocycles. The molecule has 0 fully saturated rings. The molecule has 0 radical (unpaired) electrons. The highest BCUT2D eigenvalue weighted by Crippen LogP contribution is 2.17. The molecule has 68 valence electrons. The third kappa shape index (κ3) is 1.34. The van der Waals surface area contributed by atoms with Gasteiger partial charge in [0.15, 0.2) is 5.82 Å². The standard InChI is InChI=1S/C7H9N5S/c1-5-3-13-4-6(5)12-7(2-8)9-10-11-12/h3-4H,2,8H2,1H3. The number of aryl methyl sites for hydroxylation is 1. The molecule has 0 aromatic carbocycles. The van der Waals surface area contributed by atoms with E-state index < -0.39 is 0 Å². The normalized spacial score (nSPS) is 10.6. The molecule has 0 unspecified atom stereocenters. The molecule has 0 amide bonds. The van der Waals surface area contributed by atoms with Gasteiger partial charge >= 0.3 is 0 Å². The fourth-order valence-corrected chi connectivity index (χ4v) is 1.90. The van der Waals surface area contributed by atoms with Crippen LogP contribution in [0.25, 0.3) is 5.69 Å². The zero-order chi connectivity index (χ0) is 9.26. The second-order valence-electron chi connectivity index (χ2n) is 2.65. The molecule has 2 aromatic rings. The smallest absolute Gasteiger partial charge is 0.170 e. The van der Waals surface area contributed by atoms with Gasteiger partial charge in [0.05, 0.1) is 12.2 Å². The average Bonchev–Trinajstić information content (AvgIpc) is 2.71. The van der Waals surface area contributed by atoms with Crippen molar-refractivity contribution in [2.24, 2.45) is 5.73 Å². The molecule has 0 spiro atoms. The fourth-order valence-electron chi connectivity index (χ4n) is 1.09. The number of aromatic nitrogens is 4. The van der Waals surface area contributed by atoms with Crippen molar-refractivity contribution in [3.63, 3.8) is 0 Å². The van der Waals surface area contributed by atoms with E-state index in [2.05, 4.69) is 20.9 Å². The van der Waals surface area contributed by atoms with Crippen LogP contribution in [0.2, 0.25) is 0 Å². The molecule has 0 aliphatic rings. The van der Waals surface area contributed by atoms with Crippen LogP contribution >= 0.6 is 11.3 Å². The highest BCUT2D eigenvalue weighted by atomic mass is 32.1. The van der Waals surface area contributed by atoms with Crippen molar-refractivity contribution in [3.8, 4) is 5.69 Å². The summed E-state index contributed by atoms with van der Waals surface area (Å²) in [5, 5.41) is 15.3. The number of tetrazole rings is 1. The molecule has 0 bridgehead atoms. The van der Waals surface area contributed by atoms with Crippen LogP contribution in [0.1, 0.15) is 11.4 Å². The van der Waals surface area contributed by atoms with Gasteiger partial charge in [-0.05, 0) is 28.3 Å². The maximum Gasteiger partial charge on any atom is 0.170 e. The Balaban J connectivity index is 2.52. The first kappa shape index (κ1) is 8.33. The zero-order valence-electron chi connectivity index (χ0n) is 7.14. The lowest BCUT2D eigenvalue weighted by Crippen LogP contribution is -2.07. The Bertz CT molecular complexity index is 404. The summed E-state index contributed by atoms with van der Waals surface area (Å²) in [6.07, 6.45) is 0. The summed E-state index contributed by atoms with van der Waals surface area (Å²) < 4.78 is 1.67. The number of nitrogens with two attached hydrogens (primary N) is 1. The molecular formula is C7H9N5S. The third-order valence-electron chi connectivity index (χ3n) is 1.77. The van der Waals surface area contributed by atoms with Crippen molar-refractivity contribution in [2.75, 3.05) is 0 Å². The molecule has 5 nitrogen and oxygen atoms in total. The zero-order valence-corrected chi connectivity index (χ0v) is 7.95. The van der Waals surface area contributed by atoms with Gasteiger partial charge in [0, 0.05) is 5.38 Å². The molecule has 13 heavy (non-hydrogen) atoms. The van der Waals surface area contributed by atoms with E-state index in [0.717, 1.165) is 11.3 Å². The topological polar surface area (TPSA) is 69.6 Å². The van der Waals surface area contributed by atoms with Crippen LogP contribution in [0.5, 0.6) is 0 Å². The van der Waals surface area contributed by atoms with Crippen molar-refractivity contribution in [2.45, 2.75) is 13.5 Å². The van der Waals surface area contributed by atoms with Gasteiger partial charge in [0.2, 0.25) is 0 Å². The van der Waals surface area contributed by atoms with Crippen molar-refractivity contribution in [1.82, 2.24) is 20.2 Å². The molecular weight excluding hydrogens is 186 g/mol. The maximum atomic E-state index is 5.49. The van der Waals surface area contributed by atoms with E-state index in [4.69, 9.17) is 5.73 Å². The number of hydrogen-bond donors (Lipinski definition) is 1. The van der Waals surface area contributed by atoms with Gasteiger partial charge in [-0.1, -0.05) is 0 Å². The minimum Gasteiger partial charge on any atom is -0.324 e. The maximum absolute atomic E-state index is 5.49. The highest BCUT2D eigenvalue weighted by molar-refractivity contribution is 7.08. The fraction of sp³-hybridized carbons (Fsp3) is 0.286. The summed E-state index contributed by atoms with van der Waals surface area (Å²) in [5.41, 5.74) is 7.66. The predicted molar refractivity (Wildman–Crippen MR) is 49.7 cm³/mol. The minimum atomic E-state index is 0.349. The Morgan fingerprint density at radius 2 is 2.38 bits per heavy atom. The second-order valence-corrected chi connectivity index (χ2v) is 3.39. The lowest BCUT2D eigenvalue weighted by molar-refractivity contribution is 0.760. The summed E-state index contributed by atoms with van der Waals surface area (Å²) >= 11 is 1.63. The highest BCUT2D eigenvalue weighted by Gasteiger charge is 2.08. The Labute approximate surface area is 79.2 Å². The van der Waals surface area contributed by atoms with Crippen molar-refractivity contribution < 1.29 is 0 Å². The van der Waals surface area contributed by atoms with Crippen molar-refractivity contribution in [3.05, 3.63) is 22.1 Å². The molecule has 2 rings (SSSR count). The average molecular weight is 195 g/mol. The van der Waals surface area contributed by atoms with Gasteiger partial charge in [-0.2, -0.15) is 4.68 Å². The van der Waals surface area contributed by atoms with Gasteiger partial charge < -0.3 is 5.73 Å². The largest absolute Gasteiger partial charge is 0.324 e. The molecule has 0 atom stereocenters. The summed E-state index contributed by atoms with van der Waals surface area (Å²) in [7, 11) is 0. The van der Waals surface area contributed by atoms with Crippen LogP contribution in [0, 0.1) is 6.92 Å². The van der Waals surface area contributed by atoms with Gasteiger partial charge in [-0.15, -0.1) is 16.4 Å². The van der Waals surface area contributed by atoms with E-state index in [-0.39, 0.29) is 0 Å². The van der Waals surface area contributed by atoms with Crippen molar-refractivity contribution >= 4 is 11.3 Å². The Morgan fingerprint density at radius 1 is 1.54 bits per heavy atom. The van der Waals surface area contributed by atoms with Gasteiger partial charge in [0.25, 0.3) is 0 Å². The van der Waals surface area contributed by atoms with Crippen LogP contribution in [0.4, 0.5) is 0 Å². The molecule has 0 saturated carbocycles. The lowest BCUT2D eigenvalue weighted by atomic mass is 10.3. The summed E-state index contributed by atoms with van der Waals surface area (Å²) in [4.78, 5) is 0. The first-order valence-corrected chi connectivity index (χ1v) is 4.77. The van der Waals surface area contributed by atoms with Gasteiger partial charge in [0.1, 0.15) is 0 Å². The predicted octanol–water partition coefficient (Wildman–Crippen LogP) is 0.491. The van der Waals surface area contributed by atoms with Crippen molar-refractivity contribution in [1.29, 1.82) is 0 Å².